The van der Waals surface area contributed by atoms with E-state index in [2.05, 4.69) is 30.4 Å². The van der Waals surface area contributed by atoms with Gasteiger partial charge in [-0.25, -0.2) is 0 Å². The first kappa shape index (κ1) is 23.0. The van der Waals surface area contributed by atoms with Gasteiger partial charge in [0.25, 0.3) is 0 Å². The molecular weight excluding hydrogens is 380 g/mol. The first-order valence-corrected chi connectivity index (χ1v) is 11.2. The predicted octanol–water partition coefficient (Wildman–Crippen LogP) is 4.48. The van der Waals surface area contributed by atoms with Crippen molar-refractivity contribution in [3.05, 3.63) is 70.8 Å². The van der Waals surface area contributed by atoms with Crippen LogP contribution in [0.15, 0.2) is 48.5 Å². The maximum atomic E-state index is 13.1. The maximum absolute atomic E-state index is 13.1. The molecule has 0 unspecified atom stereocenters. The van der Waals surface area contributed by atoms with Crippen LogP contribution in [0.1, 0.15) is 43.0 Å². The Labute approximate surface area is 179 Å². The molecule has 0 saturated heterocycles. The third-order valence-corrected chi connectivity index (χ3v) is 5.77. The van der Waals surface area contributed by atoms with Crippen LogP contribution < -0.4 is 5.32 Å². The van der Waals surface area contributed by atoms with Gasteiger partial charge in [-0.2, -0.15) is 0 Å². The summed E-state index contributed by atoms with van der Waals surface area (Å²) in [6.45, 7) is 10.2. The summed E-state index contributed by atoms with van der Waals surface area (Å²) in [7, 11) is 0. The summed E-state index contributed by atoms with van der Waals surface area (Å²) in [5.74, 6) is 0.986. The predicted molar refractivity (Wildman–Crippen MR) is 122 cm³/mol. The number of aryl methyl sites for hydroxylation is 2. The van der Waals surface area contributed by atoms with E-state index in [1.165, 1.54) is 11.1 Å². The molecule has 4 nitrogen and oxygen atoms in total. The molecule has 1 atom stereocenters. The van der Waals surface area contributed by atoms with Crippen molar-refractivity contribution in [3.8, 4) is 0 Å². The zero-order chi connectivity index (χ0) is 21.4. The molecule has 0 heterocycles. The van der Waals surface area contributed by atoms with Gasteiger partial charge in [-0.15, -0.1) is 11.8 Å². The molecular formula is C24H32N2O2S. The fourth-order valence-corrected chi connectivity index (χ4v) is 3.96. The van der Waals surface area contributed by atoms with Crippen LogP contribution >= 0.6 is 11.8 Å². The van der Waals surface area contributed by atoms with Crippen LogP contribution in [-0.2, 0) is 21.9 Å². The minimum Gasteiger partial charge on any atom is -0.352 e. The highest BCUT2D eigenvalue weighted by molar-refractivity contribution is 7.99. The third-order valence-electron chi connectivity index (χ3n) is 4.78. The quantitative estimate of drug-likeness (QED) is 0.661. The Balaban J connectivity index is 2.09. The van der Waals surface area contributed by atoms with E-state index in [9.17, 15) is 9.59 Å². The lowest BCUT2D eigenvalue weighted by Crippen LogP contribution is -2.49. The summed E-state index contributed by atoms with van der Waals surface area (Å²) >= 11 is 1.59. The molecule has 0 aliphatic carbocycles. The standard InChI is InChI=1S/C24H32N2O2S/c1-17(2)25-24(28)20(5)26(14-22-12-7-6-10-19(22)4)23(27)16-29-15-21-11-8-9-18(3)13-21/h6-13,17,20H,14-16H2,1-5H3,(H,25,28)/t20-/m1/s1. The van der Waals surface area contributed by atoms with Gasteiger partial charge in [0.15, 0.2) is 0 Å². The molecule has 2 aromatic rings. The molecule has 0 bridgehead atoms. The molecule has 2 amide bonds. The lowest BCUT2D eigenvalue weighted by Gasteiger charge is -2.30. The van der Waals surface area contributed by atoms with Gasteiger partial charge in [0.1, 0.15) is 6.04 Å². The van der Waals surface area contributed by atoms with Gasteiger partial charge in [-0.3, -0.25) is 9.59 Å². The highest BCUT2D eigenvalue weighted by Crippen LogP contribution is 2.18. The van der Waals surface area contributed by atoms with Crippen LogP contribution in [0.3, 0.4) is 0 Å². The van der Waals surface area contributed by atoms with Crippen molar-refractivity contribution in [1.82, 2.24) is 10.2 Å². The molecule has 0 fully saturated rings. The van der Waals surface area contributed by atoms with E-state index in [-0.39, 0.29) is 17.9 Å². The van der Waals surface area contributed by atoms with E-state index in [0.29, 0.717) is 12.3 Å². The van der Waals surface area contributed by atoms with Crippen LogP contribution in [0.25, 0.3) is 0 Å². The Hall–Kier alpha value is -2.27. The molecule has 1 N–H and O–H groups in total. The van der Waals surface area contributed by atoms with Gasteiger partial charge in [0.2, 0.25) is 11.8 Å². The highest BCUT2D eigenvalue weighted by atomic mass is 32.2. The van der Waals surface area contributed by atoms with Crippen molar-refractivity contribution in [2.75, 3.05) is 5.75 Å². The van der Waals surface area contributed by atoms with Gasteiger partial charge >= 0.3 is 0 Å². The molecule has 156 valence electrons. The van der Waals surface area contributed by atoms with Crippen molar-refractivity contribution in [3.63, 3.8) is 0 Å². The Kier molecular flexibility index (Phi) is 8.77. The Morgan fingerprint density at radius 3 is 2.41 bits per heavy atom. The van der Waals surface area contributed by atoms with Gasteiger partial charge in [0, 0.05) is 18.3 Å². The summed E-state index contributed by atoms with van der Waals surface area (Å²) < 4.78 is 0. The average molecular weight is 413 g/mol. The first-order valence-electron chi connectivity index (χ1n) is 10.1. The minimum absolute atomic E-state index is 0.0164. The fourth-order valence-electron chi connectivity index (χ4n) is 3.10. The second-order valence-corrected chi connectivity index (χ2v) is 8.75. The number of nitrogens with zero attached hydrogens (tertiary/aromatic N) is 1. The number of hydrogen-bond donors (Lipinski definition) is 1. The summed E-state index contributed by atoms with van der Waals surface area (Å²) in [6.07, 6.45) is 0. The number of carbonyl (C=O) groups excluding carboxylic acids is 2. The number of hydrogen-bond acceptors (Lipinski definition) is 3. The third kappa shape index (κ3) is 7.24. The first-order chi connectivity index (χ1) is 13.8. The second kappa shape index (κ2) is 11.1. The molecule has 0 aromatic heterocycles. The van der Waals surface area contributed by atoms with E-state index in [0.717, 1.165) is 16.9 Å². The maximum Gasteiger partial charge on any atom is 0.242 e. The van der Waals surface area contributed by atoms with Crippen LogP contribution in [0.5, 0.6) is 0 Å². The molecule has 0 aliphatic heterocycles. The molecule has 2 aromatic carbocycles. The van der Waals surface area contributed by atoms with E-state index < -0.39 is 6.04 Å². The van der Waals surface area contributed by atoms with E-state index >= 15 is 0 Å². The van der Waals surface area contributed by atoms with Crippen molar-refractivity contribution in [2.24, 2.45) is 0 Å². The minimum atomic E-state index is -0.524. The van der Waals surface area contributed by atoms with Crippen molar-refractivity contribution in [2.45, 2.75) is 59.0 Å². The molecule has 0 spiro atoms. The topological polar surface area (TPSA) is 49.4 Å². The monoisotopic (exact) mass is 412 g/mol. The summed E-state index contributed by atoms with van der Waals surface area (Å²) in [5.41, 5.74) is 4.61. The lowest BCUT2D eigenvalue weighted by atomic mass is 10.1. The van der Waals surface area contributed by atoms with Gasteiger partial charge < -0.3 is 10.2 Å². The Morgan fingerprint density at radius 2 is 1.76 bits per heavy atom. The smallest absolute Gasteiger partial charge is 0.242 e. The van der Waals surface area contributed by atoms with Crippen LogP contribution in [0.2, 0.25) is 0 Å². The highest BCUT2D eigenvalue weighted by Gasteiger charge is 2.26. The summed E-state index contributed by atoms with van der Waals surface area (Å²) in [6, 6.07) is 15.8. The number of nitrogens with one attached hydrogen (secondary N) is 1. The SMILES string of the molecule is Cc1cccc(CSCC(=O)N(Cc2ccccc2C)[C@H](C)C(=O)NC(C)C)c1. The van der Waals surface area contributed by atoms with E-state index in [1.54, 1.807) is 23.6 Å². The summed E-state index contributed by atoms with van der Waals surface area (Å²) in [4.78, 5) is 27.4. The second-order valence-electron chi connectivity index (χ2n) is 7.77. The van der Waals surface area contributed by atoms with E-state index in [4.69, 9.17) is 0 Å². The zero-order valence-corrected chi connectivity index (χ0v) is 18.9. The van der Waals surface area contributed by atoms with Crippen LogP contribution in [-0.4, -0.2) is 34.6 Å². The van der Waals surface area contributed by atoms with E-state index in [1.807, 2.05) is 51.1 Å². The molecule has 5 heteroatoms. The number of thioether (sulfide) groups is 1. The molecule has 0 radical (unpaired) electrons. The normalized spacial score (nSPS) is 11.9. The van der Waals surface area contributed by atoms with Crippen molar-refractivity contribution in [1.29, 1.82) is 0 Å². The van der Waals surface area contributed by atoms with Gasteiger partial charge in [-0.05, 0) is 51.3 Å². The molecule has 2 rings (SSSR count). The van der Waals surface area contributed by atoms with Crippen molar-refractivity contribution < 1.29 is 9.59 Å². The molecule has 0 saturated carbocycles. The lowest BCUT2D eigenvalue weighted by molar-refractivity contribution is -0.138. The Morgan fingerprint density at radius 1 is 1.03 bits per heavy atom. The van der Waals surface area contributed by atoms with Crippen LogP contribution in [0.4, 0.5) is 0 Å². The summed E-state index contributed by atoms with van der Waals surface area (Å²) in [5, 5.41) is 2.93. The number of benzene rings is 2. The largest absolute Gasteiger partial charge is 0.352 e. The van der Waals surface area contributed by atoms with Gasteiger partial charge in [-0.1, -0.05) is 54.1 Å². The number of amides is 2. The molecule has 29 heavy (non-hydrogen) atoms. The average Bonchev–Trinajstić information content (AvgIpc) is 2.66. The van der Waals surface area contributed by atoms with Crippen molar-refractivity contribution >= 4 is 23.6 Å². The number of rotatable bonds is 9. The molecule has 0 aliphatic rings. The Bertz CT molecular complexity index is 835. The fraction of sp³-hybridized carbons (Fsp3) is 0.417. The van der Waals surface area contributed by atoms with Gasteiger partial charge in [0.05, 0.1) is 5.75 Å². The van der Waals surface area contributed by atoms with Crippen LogP contribution in [0, 0.1) is 13.8 Å². The zero-order valence-electron chi connectivity index (χ0n) is 18.1. The number of carbonyl (C=O) groups is 2.